The number of aromatic hydroxyl groups is 1. The summed E-state index contributed by atoms with van der Waals surface area (Å²) in [7, 11) is 0. The molecule has 118 valence electrons. The Labute approximate surface area is 144 Å². The first-order chi connectivity index (χ1) is 9.69. The van der Waals surface area contributed by atoms with Crippen molar-refractivity contribution in [2.24, 2.45) is 10.9 Å². The van der Waals surface area contributed by atoms with Crippen molar-refractivity contribution < 1.29 is 5.11 Å². The van der Waals surface area contributed by atoms with E-state index in [4.69, 9.17) is 4.99 Å². The SMILES string of the molecule is CCNC(=NCc1ccc(O)cc1)N1CCCC(C)C1.I. The van der Waals surface area contributed by atoms with E-state index in [0.717, 1.165) is 37.1 Å². The van der Waals surface area contributed by atoms with Crippen LogP contribution < -0.4 is 5.32 Å². The number of likely N-dealkylation sites (tertiary alicyclic amines) is 1. The number of piperidine rings is 1. The standard InChI is InChI=1S/C16H25N3O.HI/c1-3-17-16(19-10-4-5-13(2)12-19)18-11-14-6-8-15(20)9-7-14;/h6-9,13,20H,3-5,10-12H2,1-2H3,(H,17,18);1H. The Bertz CT molecular complexity index is 447. The van der Waals surface area contributed by atoms with Gasteiger partial charge in [-0.15, -0.1) is 24.0 Å². The Morgan fingerprint density at radius 1 is 1.38 bits per heavy atom. The van der Waals surface area contributed by atoms with Crippen LogP contribution in [0.15, 0.2) is 29.3 Å². The van der Waals surface area contributed by atoms with Crippen LogP contribution in [-0.4, -0.2) is 35.6 Å². The second-order valence-electron chi connectivity index (χ2n) is 5.53. The van der Waals surface area contributed by atoms with E-state index in [1.165, 1.54) is 12.8 Å². The average Bonchev–Trinajstić information content (AvgIpc) is 2.45. The summed E-state index contributed by atoms with van der Waals surface area (Å²) in [5.74, 6) is 2.04. The van der Waals surface area contributed by atoms with E-state index in [1.807, 2.05) is 12.1 Å². The minimum Gasteiger partial charge on any atom is -0.508 e. The first-order valence-electron chi connectivity index (χ1n) is 7.50. The molecule has 21 heavy (non-hydrogen) atoms. The lowest BCUT2D eigenvalue weighted by atomic mass is 10.0. The summed E-state index contributed by atoms with van der Waals surface area (Å²) in [5, 5.41) is 12.7. The maximum Gasteiger partial charge on any atom is 0.194 e. The van der Waals surface area contributed by atoms with Crippen LogP contribution in [0.3, 0.4) is 0 Å². The van der Waals surface area contributed by atoms with E-state index in [1.54, 1.807) is 12.1 Å². The van der Waals surface area contributed by atoms with Crippen LogP contribution in [0.4, 0.5) is 0 Å². The van der Waals surface area contributed by atoms with Crippen LogP contribution in [0.25, 0.3) is 0 Å². The van der Waals surface area contributed by atoms with Gasteiger partial charge in [-0.05, 0) is 43.4 Å². The van der Waals surface area contributed by atoms with Crippen LogP contribution in [-0.2, 0) is 6.54 Å². The van der Waals surface area contributed by atoms with Gasteiger partial charge in [0.25, 0.3) is 0 Å². The van der Waals surface area contributed by atoms with Gasteiger partial charge in [-0.1, -0.05) is 19.1 Å². The minimum atomic E-state index is 0. The molecule has 5 heteroatoms. The van der Waals surface area contributed by atoms with Gasteiger partial charge in [0.1, 0.15) is 5.75 Å². The molecule has 0 aliphatic carbocycles. The van der Waals surface area contributed by atoms with E-state index in [0.29, 0.717) is 12.3 Å². The first kappa shape index (κ1) is 18.1. The molecule has 1 aliphatic heterocycles. The van der Waals surface area contributed by atoms with E-state index in [-0.39, 0.29) is 24.0 Å². The molecule has 0 spiro atoms. The molecule has 1 atom stereocenters. The largest absolute Gasteiger partial charge is 0.508 e. The summed E-state index contributed by atoms with van der Waals surface area (Å²) in [6.07, 6.45) is 2.55. The van der Waals surface area contributed by atoms with Gasteiger partial charge in [-0.3, -0.25) is 0 Å². The highest BCUT2D eigenvalue weighted by atomic mass is 127. The van der Waals surface area contributed by atoms with Crippen molar-refractivity contribution in [3.63, 3.8) is 0 Å². The summed E-state index contributed by atoms with van der Waals surface area (Å²) in [6, 6.07) is 7.25. The summed E-state index contributed by atoms with van der Waals surface area (Å²) in [4.78, 5) is 7.08. The van der Waals surface area contributed by atoms with Crippen molar-refractivity contribution >= 4 is 29.9 Å². The zero-order valence-corrected chi connectivity index (χ0v) is 15.2. The molecule has 2 rings (SSSR count). The minimum absolute atomic E-state index is 0. The third-order valence-corrected chi connectivity index (χ3v) is 3.64. The number of nitrogens with zero attached hydrogens (tertiary/aromatic N) is 2. The van der Waals surface area contributed by atoms with Gasteiger partial charge in [0.15, 0.2) is 5.96 Å². The number of halogens is 1. The average molecular weight is 403 g/mol. The normalized spacial score (nSPS) is 19.0. The molecule has 0 saturated carbocycles. The van der Waals surface area contributed by atoms with Crippen molar-refractivity contribution in [2.75, 3.05) is 19.6 Å². The fourth-order valence-corrected chi connectivity index (χ4v) is 2.58. The smallest absolute Gasteiger partial charge is 0.194 e. The zero-order valence-electron chi connectivity index (χ0n) is 12.9. The summed E-state index contributed by atoms with van der Waals surface area (Å²) >= 11 is 0. The van der Waals surface area contributed by atoms with E-state index >= 15 is 0 Å². The van der Waals surface area contributed by atoms with Crippen molar-refractivity contribution in [1.82, 2.24) is 10.2 Å². The van der Waals surface area contributed by atoms with Gasteiger partial charge in [0.05, 0.1) is 6.54 Å². The number of rotatable bonds is 3. The summed E-state index contributed by atoms with van der Waals surface area (Å²) in [5.41, 5.74) is 1.11. The number of guanidine groups is 1. The number of nitrogens with one attached hydrogen (secondary N) is 1. The third-order valence-electron chi connectivity index (χ3n) is 3.64. The quantitative estimate of drug-likeness (QED) is 0.463. The van der Waals surface area contributed by atoms with Crippen molar-refractivity contribution in [1.29, 1.82) is 0 Å². The van der Waals surface area contributed by atoms with Crippen molar-refractivity contribution in [3.8, 4) is 5.75 Å². The predicted molar refractivity (Wildman–Crippen MR) is 98.3 cm³/mol. The van der Waals surface area contributed by atoms with Crippen LogP contribution >= 0.6 is 24.0 Å². The fraction of sp³-hybridized carbons (Fsp3) is 0.562. The van der Waals surface area contributed by atoms with E-state index < -0.39 is 0 Å². The number of phenolic OH excluding ortho intramolecular Hbond substituents is 1. The van der Waals surface area contributed by atoms with Gasteiger partial charge >= 0.3 is 0 Å². The van der Waals surface area contributed by atoms with Gasteiger partial charge in [-0.25, -0.2) is 4.99 Å². The molecule has 1 saturated heterocycles. The molecule has 1 aliphatic rings. The molecule has 1 unspecified atom stereocenters. The molecule has 0 bridgehead atoms. The number of benzene rings is 1. The van der Waals surface area contributed by atoms with Crippen molar-refractivity contribution in [2.45, 2.75) is 33.2 Å². The molecule has 0 radical (unpaired) electrons. The molecule has 0 aromatic heterocycles. The fourth-order valence-electron chi connectivity index (χ4n) is 2.58. The highest BCUT2D eigenvalue weighted by molar-refractivity contribution is 14.0. The molecule has 2 N–H and O–H groups in total. The Morgan fingerprint density at radius 2 is 2.10 bits per heavy atom. The molecule has 0 amide bonds. The van der Waals surface area contributed by atoms with Crippen LogP contribution in [0.1, 0.15) is 32.3 Å². The second-order valence-corrected chi connectivity index (χ2v) is 5.53. The molecular formula is C16H26IN3O. The predicted octanol–water partition coefficient (Wildman–Crippen LogP) is 3.21. The van der Waals surface area contributed by atoms with Gasteiger partial charge in [0.2, 0.25) is 0 Å². The zero-order chi connectivity index (χ0) is 14.4. The molecule has 4 nitrogen and oxygen atoms in total. The van der Waals surface area contributed by atoms with Crippen LogP contribution in [0, 0.1) is 5.92 Å². The number of aliphatic imine (C=N–C) groups is 1. The lowest BCUT2D eigenvalue weighted by molar-refractivity contribution is 0.266. The molecule has 1 heterocycles. The highest BCUT2D eigenvalue weighted by Crippen LogP contribution is 2.16. The van der Waals surface area contributed by atoms with Gasteiger partial charge in [0, 0.05) is 19.6 Å². The Balaban J connectivity index is 0.00000220. The Morgan fingerprint density at radius 3 is 2.71 bits per heavy atom. The highest BCUT2D eigenvalue weighted by Gasteiger charge is 2.18. The molecule has 1 aromatic carbocycles. The number of hydrogen-bond donors (Lipinski definition) is 2. The van der Waals surface area contributed by atoms with Gasteiger partial charge < -0.3 is 15.3 Å². The summed E-state index contributed by atoms with van der Waals surface area (Å²) < 4.78 is 0. The van der Waals surface area contributed by atoms with Crippen LogP contribution in [0.2, 0.25) is 0 Å². The number of hydrogen-bond acceptors (Lipinski definition) is 2. The third kappa shape index (κ3) is 5.73. The maximum atomic E-state index is 9.29. The molecule has 1 aromatic rings. The monoisotopic (exact) mass is 403 g/mol. The topological polar surface area (TPSA) is 47.9 Å². The second kappa shape index (κ2) is 9.12. The number of phenols is 1. The lowest BCUT2D eigenvalue weighted by Gasteiger charge is -2.33. The van der Waals surface area contributed by atoms with E-state index in [9.17, 15) is 5.11 Å². The van der Waals surface area contributed by atoms with E-state index in [2.05, 4.69) is 24.1 Å². The summed E-state index contributed by atoms with van der Waals surface area (Å²) in [6.45, 7) is 8.11. The van der Waals surface area contributed by atoms with Crippen molar-refractivity contribution in [3.05, 3.63) is 29.8 Å². The molecule has 1 fully saturated rings. The lowest BCUT2D eigenvalue weighted by Crippen LogP contribution is -2.46. The van der Waals surface area contributed by atoms with Gasteiger partial charge in [-0.2, -0.15) is 0 Å². The Kier molecular flexibility index (Phi) is 7.85. The maximum absolute atomic E-state index is 9.29. The molecular weight excluding hydrogens is 377 g/mol. The Hall–Kier alpha value is -0.980. The van der Waals surface area contributed by atoms with Crippen LogP contribution in [0.5, 0.6) is 5.75 Å². The first-order valence-corrected chi connectivity index (χ1v) is 7.50.